The van der Waals surface area contributed by atoms with E-state index in [4.69, 9.17) is 11.6 Å². The zero-order chi connectivity index (χ0) is 24.6. The van der Waals surface area contributed by atoms with Gasteiger partial charge in [0.15, 0.2) is 19.7 Å². The predicted octanol–water partition coefficient (Wildman–Crippen LogP) is 3.62. The van der Waals surface area contributed by atoms with E-state index in [1.54, 1.807) is 0 Å². The first-order chi connectivity index (χ1) is 15.2. The summed E-state index contributed by atoms with van der Waals surface area (Å²) in [7, 11) is -7.60. The summed E-state index contributed by atoms with van der Waals surface area (Å²) in [5.74, 6) is -1.47. The van der Waals surface area contributed by atoms with Gasteiger partial charge in [0.25, 0.3) is 5.91 Å². The number of alkyl halides is 3. The first kappa shape index (κ1) is 25.3. The molecule has 13 heteroatoms. The fourth-order valence-corrected chi connectivity index (χ4v) is 6.58. The van der Waals surface area contributed by atoms with Gasteiger partial charge in [0.05, 0.1) is 20.6 Å². The molecule has 7 nitrogen and oxygen atoms in total. The SMILES string of the molecule is CS(=O)(=O)c1cc(Cl)ccc1C(=O)NCC1CC(S(=O)(=O)c2cccc(OC(F)(F)F)c2)C1. The molecule has 1 saturated carbocycles. The molecule has 0 unspecified atom stereocenters. The lowest BCUT2D eigenvalue weighted by molar-refractivity contribution is -0.274. The number of hydrogen-bond donors (Lipinski definition) is 1. The molecule has 0 heterocycles. The molecule has 0 aliphatic heterocycles. The van der Waals surface area contributed by atoms with Crippen molar-refractivity contribution in [1.82, 2.24) is 5.32 Å². The highest BCUT2D eigenvalue weighted by Crippen LogP contribution is 2.37. The molecule has 2 aromatic carbocycles. The van der Waals surface area contributed by atoms with Crippen LogP contribution in [-0.4, -0.2) is 47.2 Å². The topological polar surface area (TPSA) is 107 Å². The van der Waals surface area contributed by atoms with Crippen molar-refractivity contribution in [2.45, 2.75) is 34.2 Å². The van der Waals surface area contributed by atoms with Gasteiger partial charge in [-0.2, -0.15) is 0 Å². The molecule has 0 spiro atoms. The van der Waals surface area contributed by atoms with Crippen molar-refractivity contribution in [2.75, 3.05) is 12.8 Å². The van der Waals surface area contributed by atoms with Gasteiger partial charge in [0, 0.05) is 17.8 Å². The van der Waals surface area contributed by atoms with Crippen molar-refractivity contribution >= 4 is 37.2 Å². The highest BCUT2D eigenvalue weighted by Gasteiger charge is 2.40. The summed E-state index contributed by atoms with van der Waals surface area (Å²) in [6.07, 6.45) is -3.62. The highest BCUT2D eigenvalue weighted by molar-refractivity contribution is 7.92. The van der Waals surface area contributed by atoms with Crippen LogP contribution in [0.25, 0.3) is 0 Å². The number of amides is 1. The molecule has 1 aliphatic carbocycles. The highest BCUT2D eigenvalue weighted by atomic mass is 35.5. The van der Waals surface area contributed by atoms with Gasteiger partial charge in [-0.05, 0) is 55.2 Å². The van der Waals surface area contributed by atoms with Gasteiger partial charge in [-0.15, -0.1) is 13.2 Å². The normalized spacial score (nSPS) is 18.9. The van der Waals surface area contributed by atoms with Gasteiger partial charge in [0.2, 0.25) is 0 Å². The number of halogens is 4. The molecule has 180 valence electrons. The van der Waals surface area contributed by atoms with Crippen LogP contribution >= 0.6 is 11.6 Å². The number of ether oxygens (including phenoxy) is 1. The minimum atomic E-state index is -4.94. The van der Waals surface area contributed by atoms with E-state index in [0.717, 1.165) is 24.5 Å². The number of carbonyl (C=O) groups excluding carboxylic acids is 1. The smallest absolute Gasteiger partial charge is 0.406 e. The van der Waals surface area contributed by atoms with Gasteiger partial charge >= 0.3 is 6.36 Å². The third-order valence-corrected chi connectivity index (χ3v) is 8.68. The van der Waals surface area contributed by atoms with Crippen LogP contribution in [-0.2, 0) is 19.7 Å². The average Bonchev–Trinajstić information content (AvgIpc) is 2.64. The van der Waals surface area contributed by atoms with Crippen LogP contribution < -0.4 is 10.1 Å². The van der Waals surface area contributed by atoms with Crippen LogP contribution in [0.1, 0.15) is 23.2 Å². The zero-order valence-electron chi connectivity index (χ0n) is 17.1. The fraction of sp³-hybridized carbons (Fsp3) is 0.350. The van der Waals surface area contributed by atoms with Crippen LogP contribution in [0.4, 0.5) is 13.2 Å². The van der Waals surface area contributed by atoms with Crippen molar-refractivity contribution < 1.29 is 39.5 Å². The van der Waals surface area contributed by atoms with Crippen molar-refractivity contribution in [1.29, 1.82) is 0 Å². The van der Waals surface area contributed by atoms with E-state index >= 15 is 0 Å². The van der Waals surface area contributed by atoms with Crippen molar-refractivity contribution in [3.05, 3.63) is 53.1 Å². The van der Waals surface area contributed by atoms with Crippen LogP contribution in [0.15, 0.2) is 52.3 Å². The monoisotopic (exact) mass is 525 g/mol. The van der Waals surface area contributed by atoms with Crippen molar-refractivity contribution in [3.63, 3.8) is 0 Å². The van der Waals surface area contributed by atoms with Crippen LogP contribution in [0.3, 0.4) is 0 Å². The lowest BCUT2D eigenvalue weighted by atomic mass is 9.85. The molecule has 2 aromatic rings. The Bertz CT molecular complexity index is 1270. The maximum Gasteiger partial charge on any atom is 0.573 e. The summed E-state index contributed by atoms with van der Waals surface area (Å²) < 4.78 is 90.3. The summed E-state index contributed by atoms with van der Waals surface area (Å²) in [5.41, 5.74) is -0.0770. The molecule has 0 bridgehead atoms. The predicted molar refractivity (Wildman–Crippen MR) is 114 cm³/mol. The van der Waals surface area contributed by atoms with E-state index in [9.17, 15) is 34.8 Å². The van der Waals surface area contributed by atoms with E-state index in [2.05, 4.69) is 10.1 Å². The lowest BCUT2D eigenvalue weighted by Gasteiger charge is -2.35. The lowest BCUT2D eigenvalue weighted by Crippen LogP contribution is -2.42. The summed E-state index contributed by atoms with van der Waals surface area (Å²) >= 11 is 5.82. The Morgan fingerprint density at radius 2 is 1.79 bits per heavy atom. The molecule has 1 aliphatic rings. The molecule has 0 saturated heterocycles. The second-order valence-corrected chi connectivity index (χ2v) is 12.3. The average molecular weight is 526 g/mol. The summed E-state index contributed by atoms with van der Waals surface area (Å²) in [6, 6.07) is 8.04. The maximum atomic E-state index is 12.7. The number of benzene rings is 2. The van der Waals surface area contributed by atoms with E-state index in [0.29, 0.717) is 0 Å². The Morgan fingerprint density at radius 3 is 2.39 bits per heavy atom. The van der Waals surface area contributed by atoms with Gasteiger partial charge < -0.3 is 10.1 Å². The Kier molecular flexibility index (Phi) is 7.02. The quantitative estimate of drug-likeness (QED) is 0.591. The Morgan fingerprint density at radius 1 is 1.12 bits per heavy atom. The van der Waals surface area contributed by atoms with Gasteiger partial charge in [-0.1, -0.05) is 17.7 Å². The Labute approximate surface area is 193 Å². The molecule has 0 aromatic heterocycles. The Hall–Kier alpha value is -2.31. The molecule has 1 N–H and O–H groups in total. The van der Waals surface area contributed by atoms with Gasteiger partial charge in [0.1, 0.15) is 5.75 Å². The van der Waals surface area contributed by atoms with E-state index < -0.39 is 42.9 Å². The van der Waals surface area contributed by atoms with E-state index in [1.165, 1.54) is 24.3 Å². The second kappa shape index (κ2) is 9.15. The zero-order valence-corrected chi connectivity index (χ0v) is 19.5. The Balaban J connectivity index is 1.62. The van der Waals surface area contributed by atoms with Gasteiger partial charge in [-0.3, -0.25) is 4.79 Å². The molecular formula is C20H19ClF3NO6S2. The molecule has 0 atom stereocenters. The standard InChI is InChI=1S/C20H19ClF3NO6S2/c1-32(27,28)18-9-13(21)5-6-17(18)19(26)25-11-12-7-16(8-12)33(29,30)15-4-2-3-14(10-15)31-20(22,23)24/h2-6,9-10,12,16H,7-8,11H2,1H3,(H,25,26). The first-order valence-electron chi connectivity index (χ1n) is 9.54. The molecule has 0 radical (unpaired) electrons. The third kappa shape index (κ3) is 6.18. The number of nitrogens with one attached hydrogen (secondary N) is 1. The number of rotatable bonds is 7. The first-order valence-corrected chi connectivity index (χ1v) is 13.4. The minimum Gasteiger partial charge on any atom is -0.406 e. The molecule has 1 fully saturated rings. The van der Waals surface area contributed by atoms with Crippen LogP contribution in [0.2, 0.25) is 5.02 Å². The molecule has 1 amide bonds. The van der Waals surface area contributed by atoms with Gasteiger partial charge in [-0.25, -0.2) is 16.8 Å². The number of hydrogen-bond acceptors (Lipinski definition) is 6. The summed E-state index contributed by atoms with van der Waals surface area (Å²) in [6.45, 7) is 0.105. The molecule has 3 rings (SSSR count). The fourth-order valence-electron chi connectivity index (χ4n) is 3.46. The van der Waals surface area contributed by atoms with E-state index in [1.807, 2.05) is 0 Å². The summed E-state index contributed by atoms with van der Waals surface area (Å²) in [4.78, 5) is 12.0. The van der Waals surface area contributed by atoms with Crippen molar-refractivity contribution in [2.24, 2.45) is 5.92 Å². The minimum absolute atomic E-state index is 0.0770. The van der Waals surface area contributed by atoms with Crippen LogP contribution in [0, 0.1) is 5.92 Å². The van der Waals surface area contributed by atoms with E-state index in [-0.39, 0.29) is 45.7 Å². The summed E-state index contributed by atoms with van der Waals surface area (Å²) in [5, 5.41) is 1.93. The third-order valence-electron chi connectivity index (χ3n) is 5.14. The largest absolute Gasteiger partial charge is 0.573 e. The molecule has 33 heavy (non-hydrogen) atoms. The molecular weight excluding hydrogens is 507 g/mol. The number of carbonyl (C=O) groups is 1. The van der Waals surface area contributed by atoms with Crippen molar-refractivity contribution in [3.8, 4) is 5.75 Å². The number of sulfone groups is 2. The van der Waals surface area contributed by atoms with Crippen LogP contribution in [0.5, 0.6) is 5.75 Å². The second-order valence-electron chi connectivity index (χ2n) is 7.65. The maximum absolute atomic E-state index is 12.7.